The number of nitrogens with zero attached hydrogens (tertiary/aromatic N) is 4. The molecule has 142 valence electrons. The lowest BCUT2D eigenvalue weighted by Gasteiger charge is -2.06. The average Bonchev–Trinajstić information content (AvgIpc) is 3.13. The maximum atomic E-state index is 14.0. The Morgan fingerprint density at radius 1 is 1.10 bits per heavy atom. The van der Waals surface area contributed by atoms with Crippen LogP contribution in [-0.4, -0.2) is 20.9 Å². The second-order valence-corrected chi connectivity index (χ2v) is 6.79. The van der Waals surface area contributed by atoms with Crippen LogP contribution in [0.4, 0.5) is 10.1 Å². The van der Waals surface area contributed by atoms with Gasteiger partial charge < -0.3 is 5.32 Å². The molecule has 0 aliphatic rings. The number of hydrogen-bond donors (Lipinski definition) is 1. The van der Waals surface area contributed by atoms with Gasteiger partial charge in [0.05, 0.1) is 22.9 Å². The fourth-order valence-electron chi connectivity index (χ4n) is 2.78. The van der Waals surface area contributed by atoms with E-state index < -0.39 is 11.7 Å². The van der Waals surface area contributed by atoms with Gasteiger partial charge in [0.2, 0.25) is 0 Å². The summed E-state index contributed by atoms with van der Waals surface area (Å²) in [5, 5.41) is 20.9. The number of halogens is 2. The van der Waals surface area contributed by atoms with Crippen LogP contribution in [0.5, 0.6) is 0 Å². The van der Waals surface area contributed by atoms with Crippen molar-refractivity contribution in [3.63, 3.8) is 0 Å². The normalized spacial score (nSPS) is 10.7. The Labute approximate surface area is 170 Å². The molecular weight excluding hydrogens is 393 g/mol. The second kappa shape index (κ2) is 7.34. The minimum atomic E-state index is -0.759. The molecule has 3 aromatic carbocycles. The third-order valence-electron chi connectivity index (χ3n) is 4.37. The predicted octanol–water partition coefficient (Wildman–Crippen LogP) is 4.65. The Bertz CT molecular complexity index is 1310. The first-order valence-corrected chi connectivity index (χ1v) is 8.97. The third kappa shape index (κ3) is 3.66. The van der Waals surface area contributed by atoms with Gasteiger partial charge in [-0.2, -0.15) is 10.1 Å². The number of aryl methyl sites for hydroxylation is 1. The van der Waals surface area contributed by atoms with Crippen molar-refractivity contribution < 1.29 is 9.18 Å². The maximum Gasteiger partial charge on any atom is 0.258 e. The molecule has 0 bridgehead atoms. The molecule has 0 saturated heterocycles. The van der Waals surface area contributed by atoms with Gasteiger partial charge in [-0.05, 0) is 61.0 Å². The number of rotatable bonds is 3. The first kappa shape index (κ1) is 18.6. The number of amides is 1. The van der Waals surface area contributed by atoms with Gasteiger partial charge in [0.25, 0.3) is 5.91 Å². The van der Waals surface area contributed by atoms with Crippen molar-refractivity contribution in [1.82, 2.24) is 15.0 Å². The molecule has 29 heavy (non-hydrogen) atoms. The zero-order chi connectivity index (χ0) is 20.5. The van der Waals surface area contributed by atoms with E-state index in [1.54, 1.807) is 24.3 Å². The fraction of sp³-hybridized carbons (Fsp3) is 0.0476. The largest absolute Gasteiger partial charge is 0.322 e. The second-order valence-electron chi connectivity index (χ2n) is 6.39. The predicted molar refractivity (Wildman–Crippen MR) is 108 cm³/mol. The van der Waals surface area contributed by atoms with Crippen LogP contribution < -0.4 is 5.32 Å². The van der Waals surface area contributed by atoms with E-state index in [4.69, 9.17) is 16.9 Å². The number of benzene rings is 3. The van der Waals surface area contributed by atoms with Gasteiger partial charge in [-0.3, -0.25) is 4.79 Å². The summed E-state index contributed by atoms with van der Waals surface area (Å²) >= 11 is 6.17. The van der Waals surface area contributed by atoms with Crippen molar-refractivity contribution in [1.29, 1.82) is 5.26 Å². The number of fused-ring (bicyclic) bond motifs is 1. The molecular formula is C21H13ClFN5O. The monoisotopic (exact) mass is 405 g/mol. The number of aromatic nitrogens is 3. The van der Waals surface area contributed by atoms with Crippen LogP contribution in [0, 0.1) is 24.1 Å². The number of carbonyl (C=O) groups is 1. The Balaban J connectivity index is 1.61. The summed E-state index contributed by atoms with van der Waals surface area (Å²) in [6.07, 6.45) is 0. The highest BCUT2D eigenvalue weighted by Crippen LogP contribution is 2.22. The number of hydrogen-bond acceptors (Lipinski definition) is 4. The van der Waals surface area contributed by atoms with Crippen LogP contribution >= 0.6 is 11.6 Å². The van der Waals surface area contributed by atoms with Crippen LogP contribution in [0.25, 0.3) is 16.7 Å². The van der Waals surface area contributed by atoms with E-state index in [1.807, 2.05) is 25.1 Å². The van der Waals surface area contributed by atoms with E-state index in [0.29, 0.717) is 27.4 Å². The zero-order valence-corrected chi connectivity index (χ0v) is 15.9. The summed E-state index contributed by atoms with van der Waals surface area (Å²) in [7, 11) is 0. The van der Waals surface area contributed by atoms with Gasteiger partial charge in [-0.15, -0.1) is 10.2 Å². The van der Waals surface area contributed by atoms with Crippen LogP contribution in [0.1, 0.15) is 21.5 Å². The molecule has 4 rings (SSSR count). The molecule has 4 aromatic rings. The summed E-state index contributed by atoms with van der Waals surface area (Å²) in [6.45, 7) is 1.91. The van der Waals surface area contributed by atoms with E-state index in [0.717, 1.165) is 11.6 Å². The van der Waals surface area contributed by atoms with E-state index in [9.17, 15) is 9.18 Å². The SMILES string of the molecule is Cc1ccc(-n2nc3ccc(NC(=O)c4ccc(C#N)cc4F)cc3n2)cc1Cl. The smallest absolute Gasteiger partial charge is 0.258 e. The van der Waals surface area contributed by atoms with Crippen molar-refractivity contribution in [3.8, 4) is 11.8 Å². The highest BCUT2D eigenvalue weighted by molar-refractivity contribution is 6.31. The molecule has 0 saturated carbocycles. The van der Waals surface area contributed by atoms with Crippen LogP contribution in [0.2, 0.25) is 5.02 Å². The van der Waals surface area contributed by atoms with Crippen LogP contribution in [0.3, 0.4) is 0 Å². The van der Waals surface area contributed by atoms with Crippen LogP contribution in [-0.2, 0) is 0 Å². The van der Waals surface area contributed by atoms with Crippen molar-refractivity contribution >= 4 is 34.2 Å². The Morgan fingerprint density at radius 3 is 2.62 bits per heavy atom. The Hall–Kier alpha value is -3.76. The molecule has 6 nitrogen and oxygen atoms in total. The number of nitriles is 1. The lowest BCUT2D eigenvalue weighted by atomic mass is 10.1. The Kier molecular flexibility index (Phi) is 4.71. The minimum absolute atomic E-state index is 0.147. The number of anilines is 1. The maximum absolute atomic E-state index is 14.0. The zero-order valence-electron chi connectivity index (χ0n) is 15.1. The highest BCUT2D eigenvalue weighted by atomic mass is 35.5. The van der Waals surface area contributed by atoms with Crippen molar-refractivity contribution in [2.45, 2.75) is 6.92 Å². The van der Waals surface area contributed by atoms with Crippen LogP contribution in [0.15, 0.2) is 54.6 Å². The topological polar surface area (TPSA) is 83.6 Å². The first-order valence-electron chi connectivity index (χ1n) is 8.59. The van der Waals surface area contributed by atoms with E-state index in [1.165, 1.54) is 16.9 Å². The molecule has 0 unspecified atom stereocenters. The molecule has 0 aliphatic carbocycles. The van der Waals surface area contributed by atoms with Gasteiger partial charge >= 0.3 is 0 Å². The molecule has 0 fully saturated rings. The first-order chi connectivity index (χ1) is 13.9. The van der Waals surface area contributed by atoms with Crippen molar-refractivity contribution in [2.24, 2.45) is 0 Å². The van der Waals surface area contributed by atoms with Crippen molar-refractivity contribution in [3.05, 3.63) is 82.1 Å². The molecule has 0 atom stereocenters. The molecule has 0 spiro atoms. The average molecular weight is 406 g/mol. The minimum Gasteiger partial charge on any atom is -0.322 e. The van der Waals surface area contributed by atoms with Gasteiger partial charge in [-0.25, -0.2) is 4.39 Å². The van der Waals surface area contributed by atoms with Crippen molar-refractivity contribution in [2.75, 3.05) is 5.32 Å². The van der Waals surface area contributed by atoms with Gasteiger partial charge in [0, 0.05) is 10.7 Å². The molecule has 0 radical (unpaired) electrons. The standard InChI is InChI=1S/C21H13ClFN5O/c1-12-2-5-15(10-17(12)22)28-26-19-7-4-14(9-20(19)27-28)25-21(29)16-6-3-13(11-24)8-18(16)23/h2-10H,1H3,(H,25,29). The quantitative estimate of drug-likeness (QED) is 0.538. The molecule has 0 aliphatic heterocycles. The fourth-order valence-corrected chi connectivity index (χ4v) is 2.96. The summed E-state index contributed by atoms with van der Waals surface area (Å²) in [6, 6.07) is 16.0. The van der Waals surface area contributed by atoms with E-state index in [-0.39, 0.29) is 11.1 Å². The lowest BCUT2D eigenvalue weighted by Crippen LogP contribution is -2.13. The molecule has 8 heteroatoms. The lowest BCUT2D eigenvalue weighted by molar-refractivity contribution is 0.102. The van der Waals surface area contributed by atoms with E-state index in [2.05, 4.69) is 15.5 Å². The summed E-state index contributed by atoms with van der Waals surface area (Å²) in [5.41, 5.74) is 3.29. The summed E-state index contributed by atoms with van der Waals surface area (Å²) in [4.78, 5) is 13.8. The van der Waals surface area contributed by atoms with Gasteiger partial charge in [0.15, 0.2) is 0 Å². The van der Waals surface area contributed by atoms with Gasteiger partial charge in [0.1, 0.15) is 16.9 Å². The third-order valence-corrected chi connectivity index (χ3v) is 4.77. The number of carbonyl (C=O) groups excluding carboxylic acids is 1. The summed E-state index contributed by atoms with van der Waals surface area (Å²) in [5.74, 6) is -1.38. The van der Waals surface area contributed by atoms with Gasteiger partial charge in [-0.1, -0.05) is 17.7 Å². The highest BCUT2D eigenvalue weighted by Gasteiger charge is 2.14. The Morgan fingerprint density at radius 2 is 1.90 bits per heavy atom. The molecule has 1 aromatic heterocycles. The summed E-state index contributed by atoms with van der Waals surface area (Å²) < 4.78 is 14.0. The molecule has 1 amide bonds. The number of nitrogens with one attached hydrogen (secondary N) is 1. The van der Waals surface area contributed by atoms with E-state index >= 15 is 0 Å². The molecule has 1 heterocycles. The molecule has 1 N–H and O–H groups in total.